The molecule has 1 unspecified atom stereocenters. The molecule has 0 radical (unpaired) electrons. The van der Waals surface area contributed by atoms with Gasteiger partial charge in [0.2, 0.25) is 10.0 Å². The van der Waals surface area contributed by atoms with Crippen LogP contribution in [0, 0.1) is 0 Å². The number of sulfonamides is 1. The van der Waals surface area contributed by atoms with E-state index in [1.807, 2.05) is 30.3 Å². The third-order valence-electron chi connectivity index (χ3n) is 3.23. The molecule has 0 amide bonds. The fraction of sp³-hybridized carbons (Fsp3) is 0.538. The third-order valence-corrected chi connectivity index (χ3v) is 6.00. The average molecular weight is 348 g/mol. The molecule has 1 saturated heterocycles. The highest BCUT2D eigenvalue weighted by Crippen LogP contribution is 2.22. The molecule has 1 aliphatic heterocycles. The maximum Gasteiger partial charge on any atom is 0.214 e. The standard InChI is InChI=1S/C13H18BrNO3S/c14-13(11-4-2-1-3-5-11)10-15-19(16,17)12-6-8-18-9-7-12/h1-5,12-13,15H,6-10H2. The molecule has 0 saturated carbocycles. The van der Waals surface area contributed by atoms with Crippen LogP contribution in [0.25, 0.3) is 0 Å². The molecule has 1 aliphatic rings. The summed E-state index contributed by atoms with van der Waals surface area (Å²) in [6.07, 6.45) is 1.15. The van der Waals surface area contributed by atoms with Crippen molar-refractivity contribution in [2.45, 2.75) is 22.9 Å². The Balaban J connectivity index is 1.90. The topological polar surface area (TPSA) is 55.4 Å². The first-order valence-electron chi connectivity index (χ1n) is 6.35. The van der Waals surface area contributed by atoms with Crippen molar-refractivity contribution in [3.63, 3.8) is 0 Å². The Labute approximate surface area is 122 Å². The molecule has 6 heteroatoms. The summed E-state index contributed by atoms with van der Waals surface area (Å²) in [6, 6.07) is 9.77. The van der Waals surface area contributed by atoms with E-state index in [-0.39, 0.29) is 10.1 Å². The molecule has 1 aromatic carbocycles. The smallest absolute Gasteiger partial charge is 0.214 e. The number of ether oxygens (including phenoxy) is 1. The predicted molar refractivity (Wildman–Crippen MR) is 78.9 cm³/mol. The first-order chi connectivity index (χ1) is 9.09. The van der Waals surface area contributed by atoms with Crippen LogP contribution in [-0.4, -0.2) is 33.4 Å². The van der Waals surface area contributed by atoms with Gasteiger partial charge in [-0.25, -0.2) is 13.1 Å². The maximum absolute atomic E-state index is 12.1. The minimum atomic E-state index is -3.25. The Bertz CT molecular complexity index is 486. The van der Waals surface area contributed by atoms with Crippen LogP contribution in [0.4, 0.5) is 0 Å². The van der Waals surface area contributed by atoms with E-state index in [2.05, 4.69) is 20.7 Å². The van der Waals surface area contributed by atoms with Crippen LogP contribution in [0.15, 0.2) is 30.3 Å². The fourth-order valence-corrected chi connectivity index (χ4v) is 4.20. The van der Waals surface area contributed by atoms with E-state index in [0.29, 0.717) is 32.6 Å². The lowest BCUT2D eigenvalue weighted by atomic mass is 10.2. The monoisotopic (exact) mass is 347 g/mol. The van der Waals surface area contributed by atoms with Gasteiger partial charge in [0.25, 0.3) is 0 Å². The lowest BCUT2D eigenvalue weighted by Crippen LogP contribution is -2.39. The van der Waals surface area contributed by atoms with E-state index < -0.39 is 10.0 Å². The molecule has 0 spiro atoms. The Morgan fingerprint density at radius 1 is 1.26 bits per heavy atom. The van der Waals surface area contributed by atoms with Crippen LogP contribution in [0.5, 0.6) is 0 Å². The number of hydrogen-bond acceptors (Lipinski definition) is 3. The van der Waals surface area contributed by atoms with Crippen molar-refractivity contribution in [3.05, 3.63) is 35.9 Å². The van der Waals surface area contributed by atoms with Crippen molar-refractivity contribution in [1.82, 2.24) is 4.72 Å². The molecule has 0 bridgehead atoms. The Morgan fingerprint density at radius 3 is 2.53 bits per heavy atom. The molecule has 106 valence electrons. The lowest BCUT2D eigenvalue weighted by Gasteiger charge is -2.23. The third kappa shape index (κ3) is 4.27. The van der Waals surface area contributed by atoms with Crippen molar-refractivity contribution in [2.75, 3.05) is 19.8 Å². The second-order valence-corrected chi connectivity index (χ2v) is 7.73. The highest BCUT2D eigenvalue weighted by molar-refractivity contribution is 9.09. The second-order valence-electron chi connectivity index (χ2n) is 4.58. The molecule has 19 heavy (non-hydrogen) atoms. The molecule has 2 rings (SSSR count). The molecular formula is C13H18BrNO3S. The minimum Gasteiger partial charge on any atom is -0.381 e. The molecular weight excluding hydrogens is 330 g/mol. The molecule has 0 aromatic heterocycles. The van der Waals surface area contributed by atoms with E-state index in [1.165, 1.54) is 0 Å². The van der Waals surface area contributed by atoms with Gasteiger partial charge >= 0.3 is 0 Å². The van der Waals surface area contributed by atoms with Gasteiger partial charge in [0.15, 0.2) is 0 Å². The minimum absolute atomic E-state index is 0.0108. The summed E-state index contributed by atoms with van der Waals surface area (Å²) in [5, 5.41) is -0.322. The number of halogens is 1. The van der Waals surface area contributed by atoms with Gasteiger partial charge in [-0.3, -0.25) is 0 Å². The summed E-state index contributed by atoms with van der Waals surface area (Å²) < 4.78 is 32.2. The summed E-state index contributed by atoms with van der Waals surface area (Å²) in [5.41, 5.74) is 1.07. The van der Waals surface area contributed by atoms with Gasteiger partial charge in [0.1, 0.15) is 0 Å². The predicted octanol–water partition coefficient (Wildman–Crippen LogP) is 2.22. The van der Waals surface area contributed by atoms with Gasteiger partial charge in [-0.05, 0) is 18.4 Å². The molecule has 1 heterocycles. The highest BCUT2D eigenvalue weighted by atomic mass is 79.9. The zero-order valence-corrected chi connectivity index (χ0v) is 13.0. The van der Waals surface area contributed by atoms with Crippen molar-refractivity contribution in [3.8, 4) is 0 Å². The van der Waals surface area contributed by atoms with Gasteiger partial charge in [0, 0.05) is 19.8 Å². The largest absolute Gasteiger partial charge is 0.381 e. The number of alkyl halides is 1. The Kier molecular flexibility index (Phi) is 5.38. The van der Waals surface area contributed by atoms with Crippen LogP contribution in [0.1, 0.15) is 23.2 Å². The van der Waals surface area contributed by atoms with E-state index in [1.54, 1.807) is 0 Å². The van der Waals surface area contributed by atoms with Gasteiger partial charge in [-0.15, -0.1) is 0 Å². The van der Waals surface area contributed by atoms with Crippen LogP contribution >= 0.6 is 15.9 Å². The summed E-state index contributed by atoms with van der Waals surface area (Å²) >= 11 is 3.51. The number of rotatable bonds is 5. The summed E-state index contributed by atoms with van der Waals surface area (Å²) in [4.78, 5) is -0.0108. The lowest BCUT2D eigenvalue weighted by molar-refractivity contribution is 0.0981. The van der Waals surface area contributed by atoms with E-state index in [4.69, 9.17) is 4.74 Å². The highest BCUT2D eigenvalue weighted by Gasteiger charge is 2.27. The van der Waals surface area contributed by atoms with Crippen molar-refractivity contribution < 1.29 is 13.2 Å². The van der Waals surface area contributed by atoms with Gasteiger partial charge in [-0.2, -0.15) is 0 Å². The quantitative estimate of drug-likeness (QED) is 0.831. The average Bonchev–Trinajstić information content (AvgIpc) is 2.47. The normalized spacial score (nSPS) is 19.2. The van der Waals surface area contributed by atoms with E-state index >= 15 is 0 Å². The summed E-state index contributed by atoms with van der Waals surface area (Å²) in [6.45, 7) is 1.42. The number of benzene rings is 1. The van der Waals surface area contributed by atoms with Crippen molar-refractivity contribution >= 4 is 26.0 Å². The van der Waals surface area contributed by atoms with E-state index in [0.717, 1.165) is 5.56 Å². The number of nitrogens with one attached hydrogen (secondary N) is 1. The number of hydrogen-bond donors (Lipinski definition) is 1. The van der Waals surface area contributed by atoms with Crippen molar-refractivity contribution in [2.24, 2.45) is 0 Å². The first kappa shape index (κ1) is 15.0. The van der Waals surface area contributed by atoms with Crippen molar-refractivity contribution in [1.29, 1.82) is 0 Å². The van der Waals surface area contributed by atoms with Crippen LogP contribution < -0.4 is 4.72 Å². The molecule has 1 aromatic rings. The molecule has 1 N–H and O–H groups in total. The van der Waals surface area contributed by atoms with Gasteiger partial charge < -0.3 is 4.74 Å². The Morgan fingerprint density at radius 2 is 1.89 bits per heavy atom. The summed E-state index contributed by atoms with van der Waals surface area (Å²) in [5.74, 6) is 0. The molecule has 0 aliphatic carbocycles. The zero-order valence-electron chi connectivity index (χ0n) is 10.6. The maximum atomic E-state index is 12.1. The molecule has 1 atom stereocenters. The zero-order chi connectivity index (χ0) is 13.7. The second kappa shape index (κ2) is 6.83. The summed E-state index contributed by atoms with van der Waals surface area (Å²) in [7, 11) is -3.25. The van der Waals surface area contributed by atoms with E-state index in [9.17, 15) is 8.42 Å². The molecule has 4 nitrogen and oxygen atoms in total. The SMILES string of the molecule is O=S(=O)(NCC(Br)c1ccccc1)C1CCOCC1. The fourth-order valence-electron chi connectivity index (χ4n) is 2.07. The van der Waals surface area contributed by atoms with Crippen LogP contribution in [0.3, 0.4) is 0 Å². The molecule has 1 fully saturated rings. The first-order valence-corrected chi connectivity index (χ1v) is 8.81. The van der Waals surface area contributed by atoms with Gasteiger partial charge in [0.05, 0.1) is 10.1 Å². The van der Waals surface area contributed by atoms with Crippen LogP contribution in [-0.2, 0) is 14.8 Å². The van der Waals surface area contributed by atoms with Crippen LogP contribution in [0.2, 0.25) is 0 Å². The Hall–Kier alpha value is -0.430. The van der Waals surface area contributed by atoms with Gasteiger partial charge in [-0.1, -0.05) is 46.3 Å².